The average molecular weight is 511 g/mol. The third-order valence-corrected chi connectivity index (χ3v) is 8.67. The van der Waals surface area contributed by atoms with E-state index in [0.29, 0.717) is 16.5 Å². The molecular weight excluding hydrogens is 484 g/mol. The first-order chi connectivity index (χ1) is 16.8. The largest absolute Gasteiger partial charge is 0.476 e. The van der Waals surface area contributed by atoms with Gasteiger partial charge < -0.3 is 10.1 Å². The first-order valence-electron chi connectivity index (χ1n) is 11.8. The molecule has 0 aromatic heterocycles. The molecule has 182 valence electrons. The number of amides is 1. The molecule has 3 aromatic rings. The van der Waals surface area contributed by atoms with Crippen molar-refractivity contribution in [3.63, 3.8) is 0 Å². The zero-order valence-corrected chi connectivity index (χ0v) is 21.0. The molecule has 3 aromatic carbocycles. The van der Waals surface area contributed by atoms with E-state index in [9.17, 15) is 13.2 Å². The molecule has 2 aliphatic rings. The molecule has 1 aliphatic heterocycles. The minimum Gasteiger partial charge on any atom is -0.476 e. The highest BCUT2D eigenvalue weighted by Gasteiger charge is 2.38. The molecule has 8 heteroatoms. The summed E-state index contributed by atoms with van der Waals surface area (Å²) in [5.41, 5.74) is 4.06. The van der Waals surface area contributed by atoms with Gasteiger partial charge in [-0.1, -0.05) is 48.0 Å². The van der Waals surface area contributed by atoms with Gasteiger partial charge in [0.1, 0.15) is 5.75 Å². The van der Waals surface area contributed by atoms with Gasteiger partial charge in [0.2, 0.25) is 0 Å². The van der Waals surface area contributed by atoms with Crippen LogP contribution in [0.5, 0.6) is 5.75 Å². The van der Waals surface area contributed by atoms with Crippen molar-refractivity contribution < 1.29 is 17.9 Å². The molecular formula is C27H27ClN2O4S. The normalized spacial score (nSPS) is 18.1. The number of benzene rings is 3. The van der Waals surface area contributed by atoms with Crippen molar-refractivity contribution in [2.75, 3.05) is 10.8 Å². The van der Waals surface area contributed by atoms with Gasteiger partial charge >= 0.3 is 0 Å². The Morgan fingerprint density at radius 2 is 1.77 bits per heavy atom. The number of sulfonamides is 1. The van der Waals surface area contributed by atoms with Crippen molar-refractivity contribution >= 4 is 33.2 Å². The Morgan fingerprint density at radius 1 is 1.03 bits per heavy atom. The summed E-state index contributed by atoms with van der Waals surface area (Å²) in [6, 6.07) is 19.0. The van der Waals surface area contributed by atoms with E-state index < -0.39 is 16.1 Å². The molecule has 0 saturated carbocycles. The molecule has 0 radical (unpaired) electrons. The van der Waals surface area contributed by atoms with Crippen LogP contribution in [0.25, 0.3) is 0 Å². The molecule has 0 spiro atoms. The van der Waals surface area contributed by atoms with Gasteiger partial charge in [-0.3, -0.25) is 9.10 Å². The van der Waals surface area contributed by atoms with E-state index in [0.717, 1.165) is 18.4 Å². The van der Waals surface area contributed by atoms with Gasteiger partial charge in [-0.25, -0.2) is 8.42 Å². The molecule has 2 atom stereocenters. The molecule has 1 N–H and O–H groups in total. The van der Waals surface area contributed by atoms with Crippen LogP contribution in [-0.4, -0.2) is 27.0 Å². The number of fused-ring (bicyclic) bond motifs is 2. The fourth-order valence-electron chi connectivity index (χ4n) is 4.72. The number of aryl methyl sites for hydroxylation is 2. The van der Waals surface area contributed by atoms with Crippen LogP contribution in [0, 0.1) is 0 Å². The van der Waals surface area contributed by atoms with Crippen LogP contribution in [0.3, 0.4) is 0 Å². The van der Waals surface area contributed by atoms with Crippen LogP contribution >= 0.6 is 11.6 Å². The van der Waals surface area contributed by atoms with Crippen LogP contribution in [0.4, 0.5) is 5.69 Å². The second-order valence-electron chi connectivity index (χ2n) is 9.03. The molecule has 5 rings (SSSR count). The maximum Gasteiger partial charge on any atom is 0.264 e. The summed E-state index contributed by atoms with van der Waals surface area (Å²) in [6.45, 7) is 1.77. The lowest BCUT2D eigenvalue weighted by Crippen LogP contribution is -2.51. The Balaban J connectivity index is 1.40. The van der Waals surface area contributed by atoms with E-state index in [1.165, 1.54) is 40.4 Å². The predicted octanol–water partition coefficient (Wildman–Crippen LogP) is 5.05. The molecule has 35 heavy (non-hydrogen) atoms. The highest BCUT2D eigenvalue weighted by Crippen LogP contribution is 2.39. The van der Waals surface area contributed by atoms with Crippen molar-refractivity contribution in [2.24, 2.45) is 0 Å². The zero-order chi connectivity index (χ0) is 24.6. The number of rotatable bonds is 5. The predicted molar refractivity (Wildman–Crippen MR) is 136 cm³/mol. The molecule has 0 bridgehead atoms. The number of hydrogen-bond donors (Lipinski definition) is 1. The van der Waals surface area contributed by atoms with Crippen LogP contribution < -0.4 is 14.4 Å². The maximum atomic E-state index is 13.5. The van der Waals surface area contributed by atoms with Crippen molar-refractivity contribution in [3.8, 4) is 5.75 Å². The minimum absolute atomic E-state index is 0.134. The topological polar surface area (TPSA) is 75.7 Å². The van der Waals surface area contributed by atoms with Gasteiger partial charge in [0.25, 0.3) is 15.9 Å². The number of halogens is 1. The number of carbonyl (C=O) groups is 1. The summed E-state index contributed by atoms with van der Waals surface area (Å²) in [7, 11) is -3.93. The number of hydrogen-bond acceptors (Lipinski definition) is 4. The standard InChI is InChI=1S/C27H27ClN2O4S/c1-18(20-12-11-19-7-5-6-8-21(19)15-20)29-27(31)26-17-30(24-16-22(28)13-14-25(24)34-26)35(32,33)23-9-3-2-4-10-23/h2-4,9-16,18,26H,5-8,17H2,1H3,(H,29,31)/t18-,26+/m1/s1. The van der Waals surface area contributed by atoms with Crippen molar-refractivity contribution in [1.29, 1.82) is 0 Å². The second kappa shape index (κ2) is 9.55. The smallest absolute Gasteiger partial charge is 0.264 e. The van der Waals surface area contributed by atoms with E-state index in [-0.39, 0.29) is 23.4 Å². The summed E-state index contributed by atoms with van der Waals surface area (Å²) in [5.74, 6) is -0.0779. The van der Waals surface area contributed by atoms with E-state index in [4.69, 9.17) is 16.3 Å². The fourth-order valence-corrected chi connectivity index (χ4v) is 6.38. The van der Waals surface area contributed by atoms with Crippen molar-refractivity contribution in [2.45, 2.75) is 49.6 Å². The number of anilines is 1. The number of nitrogens with one attached hydrogen (secondary N) is 1. The van der Waals surface area contributed by atoms with Gasteiger partial charge in [-0.2, -0.15) is 0 Å². The van der Waals surface area contributed by atoms with Crippen LogP contribution in [0.2, 0.25) is 5.02 Å². The Labute approximate surface area is 210 Å². The number of ether oxygens (including phenoxy) is 1. The Hall–Kier alpha value is -3.03. The van der Waals surface area contributed by atoms with Crippen molar-refractivity contribution in [3.05, 3.63) is 88.4 Å². The third kappa shape index (κ3) is 4.75. The summed E-state index contributed by atoms with van der Waals surface area (Å²) in [5, 5.41) is 3.39. The lowest BCUT2D eigenvalue weighted by Gasteiger charge is -2.35. The molecule has 6 nitrogen and oxygen atoms in total. The van der Waals surface area contributed by atoms with Gasteiger partial charge in [-0.05, 0) is 79.6 Å². The first kappa shape index (κ1) is 23.7. The van der Waals surface area contributed by atoms with E-state index >= 15 is 0 Å². The Kier molecular flexibility index (Phi) is 6.47. The van der Waals surface area contributed by atoms with Crippen LogP contribution in [-0.2, 0) is 27.7 Å². The summed E-state index contributed by atoms with van der Waals surface area (Å²) in [4.78, 5) is 13.4. The Bertz CT molecular complexity index is 1360. The molecule has 1 heterocycles. The fraction of sp³-hybridized carbons (Fsp3) is 0.296. The lowest BCUT2D eigenvalue weighted by molar-refractivity contribution is -0.128. The SMILES string of the molecule is C[C@@H](NC(=O)[C@@H]1CN(S(=O)(=O)c2ccccc2)c2cc(Cl)ccc2O1)c1ccc2c(c1)CCCC2. The zero-order valence-electron chi connectivity index (χ0n) is 19.4. The maximum absolute atomic E-state index is 13.5. The summed E-state index contributed by atoms with van der Waals surface area (Å²) < 4.78 is 34.2. The highest BCUT2D eigenvalue weighted by molar-refractivity contribution is 7.92. The summed E-state index contributed by atoms with van der Waals surface area (Å²) >= 11 is 6.17. The molecule has 1 aliphatic carbocycles. The van der Waals surface area contributed by atoms with Crippen molar-refractivity contribution in [1.82, 2.24) is 5.32 Å². The highest BCUT2D eigenvalue weighted by atomic mass is 35.5. The van der Waals surface area contributed by atoms with Gasteiger partial charge in [0.15, 0.2) is 6.10 Å². The second-order valence-corrected chi connectivity index (χ2v) is 11.3. The van der Waals surface area contributed by atoms with Crippen LogP contribution in [0.15, 0.2) is 71.6 Å². The van der Waals surface area contributed by atoms with Crippen LogP contribution in [0.1, 0.15) is 42.5 Å². The number of carbonyl (C=O) groups excluding carboxylic acids is 1. The van der Waals surface area contributed by atoms with E-state index in [2.05, 4.69) is 23.5 Å². The molecule has 1 amide bonds. The molecule has 0 fully saturated rings. The molecule has 0 saturated heterocycles. The van der Waals surface area contributed by atoms with E-state index in [1.54, 1.807) is 36.4 Å². The lowest BCUT2D eigenvalue weighted by atomic mass is 9.89. The minimum atomic E-state index is -3.93. The average Bonchev–Trinajstić information content (AvgIpc) is 2.88. The third-order valence-electron chi connectivity index (χ3n) is 6.65. The first-order valence-corrected chi connectivity index (χ1v) is 13.6. The van der Waals surface area contributed by atoms with Gasteiger partial charge in [0, 0.05) is 5.02 Å². The summed E-state index contributed by atoms with van der Waals surface area (Å²) in [6.07, 6.45) is 3.54. The quantitative estimate of drug-likeness (QED) is 0.521. The van der Waals surface area contributed by atoms with E-state index in [1.807, 2.05) is 6.92 Å². The number of nitrogens with zero attached hydrogens (tertiary/aromatic N) is 1. The molecule has 0 unspecified atom stereocenters. The Morgan fingerprint density at radius 3 is 2.54 bits per heavy atom. The van der Waals surface area contributed by atoms with Gasteiger partial charge in [0.05, 0.1) is 23.2 Å². The van der Waals surface area contributed by atoms with Gasteiger partial charge in [-0.15, -0.1) is 0 Å². The monoisotopic (exact) mass is 510 g/mol.